The quantitative estimate of drug-likeness (QED) is 0.0344. The van der Waals surface area contributed by atoms with E-state index in [0.29, 0.717) is 5.56 Å². The van der Waals surface area contributed by atoms with Crippen molar-refractivity contribution in [3.8, 4) is 0 Å². The standard InChI is InChI=1S/C28H29NP2.C11H12F2O2.CHO.ClH.Ru.H/c1-5-13-25(14-6-1)30(26-15-7-2-8-16-26)23-21-29-22-24-31(27-17-9-3-10-18-27)28-19-11-4-12-20-28;1-3-15-10(14)11(12,13)9-7-5-4-6-8(9)2;1-2;;;/h1-20,29H,21-24H2;4-7H,3H2,1-2H3;1H;1H;;/q;;-1;;+3;/p+1. The van der Waals surface area contributed by atoms with Crippen molar-refractivity contribution in [1.82, 2.24) is 5.32 Å². The van der Waals surface area contributed by atoms with Crippen LogP contribution in [0.5, 0.6) is 0 Å². The third kappa shape index (κ3) is 13.9. The number of aryl methyl sites for hydroxylation is 1. The van der Waals surface area contributed by atoms with Crippen LogP contribution in [0.4, 0.5) is 8.78 Å². The summed E-state index contributed by atoms with van der Waals surface area (Å²) < 4.78 is 31.4. The Morgan fingerprint density at radius 2 is 0.980 bits per heavy atom. The minimum absolute atomic E-state index is 0.0553. The van der Waals surface area contributed by atoms with Gasteiger partial charge in [0.15, 0.2) is 0 Å². The molecule has 0 heterocycles. The van der Waals surface area contributed by atoms with E-state index in [9.17, 15) is 13.6 Å². The summed E-state index contributed by atoms with van der Waals surface area (Å²) in [6.07, 6.45) is 2.41. The summed E-state index contributed by atoms with van der Waals surface area (Å²) in [6.45, 7) is 8.35. The molecule has 0 amide bonds. The second kappa shape index (κ2) is 24.9. The Morgan fingerprint density at radius 1 is 0.660 bits per heavy atom. The van der Waals surface area contributed by atoms with E-state index in [0.717, 1.165) is 13.1 Å². The number of esters is 1. The third-order valence-electron chi connectivity index (χ3n) is 7.61. The number of carbonyl (C=O) groups is 1. The Morgan fingerprint density at radius 3 is 1.30 bits per heavy atom. The zero-order chi connectivity index (χ0) is 36.6. The summed E-state index contributed by atoms with van der Waals surface area (Å²) in [7, 11) is 3.09. The minimum atomic E-state index is -3.57. The van der Waals surface area contributed by atoms with Crippen molar-refractivity contribution in [2.75, 3.05) is 32.0 Å². The predicted octanol–water partition coefficient (Wildman–Crippen LogP) is 7.10. The Bertz CT molecular complexity index is 1460. The molecule has 5 aromatic carbocycles. The summed E-state index contributed by atoms with van der Waals surface area (Å²) in [5, 5.41) is 9.77. The van der Waals surface area contributed by atoms with E-state index in [1.165, 1.54) is 65.6 Å². The maximum atomic E-state index is 13.5. The number of alkyl halides is 2. The fourth-order valence-electron chi connectivity index (χ4n) is 5.28. The first-order valence-electron chi connectivity index (χ1n) is 16.0. The van der Waals surface area contributed by atoms with E-state index < -0.39 is 27.7 Å². The van der Waals surface area contributed by atoms with Crippen LogP contribution < -0.4 is 26.5 Å². The van der Waals surface area contributed by atoms with E-state index >= 15 is 0 Å². The molecule has 1 N–H and O–H groups in total. The number of nitrogens with one attached hydrogen (secondary N) is 1. The van der Waals surface area contributed by atoms with Crippen molar-refractivity contribution < 1.29 is 40.4 Å². The number of hydrogen-bond acceptors (Lipinski definition) is 4. The van der Waals surface area contributed by atoms with Crippen molar-refractivity contribution in [2.24, 2.45) is 0 Å². The molecule has 50 heavy (non-hydrogen) atoms. The Balaban J connectivity index is 0.000000384. The zero-order valence-electron chi connectivity index (χ0n) is 28.2. The van der Waals surface area contributed by atoms with Crippen LogP contribution in [-0.2, 0) is 37.6 Å². The molecule has 0 saturated carbocycles. The van der Waals surface area contributed by atoms with Crippen molar-refractivity contribution >= 4 is 59.5 Å². The second-order valence-corrected chi connectivity index (χ2v) is 16.0. The summed E-state index contributed by atoms with van der Waals surface area (Å²) in [5.41, 5.74) is 0.0685. The fraction of sp³-hybridized carbons (Fsp3) is 0.200. The van der Waals surface area contributed by atoms with Gasteiger partial charge in [-0.25, -0.2) is 4.79 Å². The van der Waals surface area contributed by atoms with Gasteiger partial charge in [-0.2, -0.15) is 8.78 Å². The smallest absolute Gasteiger partial charge is 0.0967 e. The van der Waals surface area contributed by atoms with Crippen molar-refractivity contribution in [3.63, 3.8) is 0 Å². The Hall–Kier alpha value is -3.17. The molecular formula is C40H45ClF2NO3P2Ru+3. The molecule has 0 aliphatic rings. The van der Waals surface area contributed by atoms with E-state index in [-0.39, 0.29) is 12.2 Å². The van der Waals surface area contributed by atoms with E-state index in [2.05, 4.69) is 148 Å². The maximum absolute atomic E-state index is 13.5. The number of ether oxygens (including phenoxy) is 1. The van der Waals surface area contributed by atoms with Crippen LogP contribution in [0.25, 0.3) is 0 Å². The molecule has 264 valence electrons. The Labute approximate surface area is 312 Å². The van der Waals surface area contributed by atoms with Crippen molar-refractivity contribution in [2.45, 2.75) is 19.8 Å². The summed E-state index contributed by atoms with van der Waals surface area (Å²) in [4.78, 5) is 18.8. The minimum Gasteiger partial charge on any atom is -0.310 e. The molecule has 0 spiro atoms. The number of rotatable bonds is 13. The van der Waals surface area contributed by atoms with Gasteiger partial charge in [-0.05, 0) is 67.9 Å². The normalized spacial score (nSPS) is 10.5. The van der Waals surface area contributed by atoms with Gasteiger partial charge < -0.3 is 14.8 Å². The van der Waals surface area contributed by atoms with Gasteiger partial charge in [0.1, 0.15) is 0 Å². The summed E-state index contributed by atoms with van der Waals surface area (Å²) in [5.74, 6) is -5.07. The molecule has 0 bridgehead atoms. The molecule has 5 rings (SSSR count). The third-order valence-corrected chi connectivity index (χ3v) is 13.2. The molecule has 0 aliphatic heterocycles. The molecule has 4 nitrogen and oxygen atoms in total. The van der Waals surface area contributed by atoms with Crippen LogP contribution in [0.2, 0.25) is 0 Å². The van der Waals surface area contributed by atoms with E-state index in [4.69, 9.17) is 4.79 Å². The largest absolute Gasteiger partial charge is 0.310 e. The zero-order valence-corrected chi connectivity index (χ0v) is 32.8. The second-order valence-electron chi connectivity index (χ2n) is 10.8. The van der Waals surface area contributed by atoms with Gasteiger partial charge in [-0.3, -0.25) is 6.79 Å². The average Bonchev–Trinajstić information content (AvgIpc) is 3.18. The van der Waals surface area contributed by atoms with Crippen LogP contribution in [0.1, 0.15) is 18.1 Å². The number of hydrogen-bond donors (Lipinski definition) is 1. The topological polar surface area (TPSA) is 55.4 Å². The first-order valence-corrected chi connectivity index (χ1v) is 21.9. The molecule has 0 unspecified atom stereocenters. The molecule has 0 aromatic heterocycles. The van der Waals surface area contributed by atoms with Gasteiger partial charge in [0.25, 0.3) is 0 Å². The molecule has 0 radical (unpaired) electrons. The van der Waals surface area contributed by atoms with Gasteiger partial charge in [0.2, 0.25) is 0 Å². The molecule has 5 aromatic rings. The monoisotopic (exact) mass is 824 g/mol. The molecule has 0 aliphatic carbocycles. The van der Waals surface area contributed by atoms with Crippen LogP contribution in [0.15, 0.2) is 146 Å². The average molecular weight is 824 g/mol. The SMILES string of the molecule is CCOC(=O)C(F)(F)c1ccccc1C.[CH-]=O.[Cl][RuH+2].c1ccc([PH+](CCNCC[PH+](c2ccccc2)c2ccccc2)c2ccccc2)cc1. The molecular weight excluding hydrogens is 779 g/mol. The molecule has 0 fully saturated rings. The van der Waals surface area contributed by atoms with Gasteiger partial charge in [-0.1, -0.05) is 97.1 Å². The number of benzene rings is 5. The summed E-state index contributed by atoms with van der Waals surface area (Å²) in [6, 6.07) is 50.1. The van der Waals surface area contributed by atoms with Crippen molar-refractivity contribution in [1.29, 1.82) is 0 Å². The first-order chi connectivity index (χ1) is 24.4. The van der Waals surface area contributed by atoms with Gasteiger partial charge in [-0.15, -0.1) is 0 Å². The van der Waals surface area contributed by atoms with Crippen LogP contribution in [0, 0.1) is 6.92 Å². The van der Waals surface area contributed by atoms with Crippen molar-refractivity contribution in [3.05, 3.63) is 157 Å². The Kier molecular flexibility index (Phi) is 21.4. The number of halogens is 3. The predicted molar refractivity (Wildman–Crippen MR) is 209 cm³/mol. The molecule has 0 saturated heterocycles. The van der Waals surface area contributed by atoms with Gasteiger partial charge in [0.05, 0.1) is 56.0 Å². The number of carbonyl (C=O) groups excluding carboxylic acids is 2. The summed E-state index contributed by atoms with van der Waals surface area (Å²) >= 11 is 1.62. The first kappa shape index (κ1) is 43.0. The van der Waals surface area contributed by atoms with Crippen LogP contribution in [0.3, 0.4) is 0 Å². The van der Waals surface area contributed by atoms with Gasteiger partial charge >= 0.3 is 38.9 Å². The maximum Gasteiger partial charge on any atom is 0.0967 e. The van der Waals surface area contributed by atoms with E-state index in [1.54, 1.807) is 23.4 Å². The van der Waals surface area contributed by atoms with Crippen LogP contribution >= 0.6 is 25.5 Å². The molecule has 10 heteroatoms. The van der Waals surface area contributed by atoms with Crippen LogP contribution in [-0.4, -0.2) is 44.8 Å². The molecule has 0 atom stereocenters. The fourth-order valence-corrected chi connectivity index (χ4v) is 10.3. The van der Waals surface area contributed by atoms with Gasteiger partial charge in [0, 0.05) is 18.7 Å². The van der Waals surface area contributed by atoms with E-state index in [1.807, 2.05) is 0 Å².